The van der Waals surface area contributed by atoms with E-state index in [9.17, 15) is 0 Å². The Morgan fingerprint density at radius 1 is 1.33 bits per heavy atom. The van der Waals surface area contributed by atoms with Gasteiger partial charge in [0.25, 0.3) is 0 Å². The molecule has 0 aliphatic carbocycles. The summed E-state index contributed by atoms with van der Waals surface area (Å²) in [6.45, 7) is 5.69. The minimum absolute atomic E-state index is 0.564. The molecule has 0 saturated carbocycles. The van der Waals surface area contributed by atoms with Gasteiger partial charge in [-0.05, 0) is 45.0 Å². The van der Waals surface area contributed by atoms with Crippen molar-refractivity contribution in [3.63, 3.8) is 0 Å². The van der Waals surface area contributed by atoms with Crippen LogP contribution >= 0.6 is 0 Å². The van der Waals surface area contributed by atoms with Crippen molar-refractivity contribution in [3.05, 3.63) is 18.3 Å². The van der Waals surface area contributed by atoms with E-state index in [1.165, 1.54) is 32.4 Å². The zero-order valence-corrected chi connectivity index (χ0v) is 11.4. The van der Waals surface area contributed by atoms with Crippen molar-refractivity contribution in [1.29, 1.82) is 0 Å². The van der Waals surface area contributed by atoms with E-state index in [0.717, 1.165) is 18.1 Å². The van der Waals surface area contributed by atoms with E-state index in [1.807, 2.05) is 12.1 Å². The first-order valence-electron chi connectivity index (χ1n) is 6.77. The number of nitrogens with one attached hydrogen (secondary N) is 1. The molecule has 1 N–H and O–H groups in total. The molecule has 1 atom stereocenters. The Hall–Kier alpha value is -1.29. The number of pyridine rings is 1. The summed E-state index contributed by atoms with van der Waals surface area (Å²) in [5, 5.41) is 3.38. The average Bonchev–Trinajstić information content (AvgIpc) is 2.46. The van der Waals surface area contributed by atoms with Crippen LogP contribution in [0.2, 0.25) is 0 Å². The van der Waals surface area contributed by atoms with Crippen LogP contribution in [0.15, 0.2) is 18.3 Å². The van der Waals surface area contributed by atoms with Gasteiger partial charge in [0.2, 0.25) is 0 Å². The van der Waals surface area contributed by atoms with Crippen LogP contribution in [-0.2, 0) is 0 Å². The first-order valence-corrected chi connectivity index (χ1v) is 6.77. The highest BCUT2D eigenvalue weighted by Crippen LogP contribution is 2.14. The number of methoxy groups -OCH3 is 1. The Balaban J connectivity index is 1.78. The molecule has 1 aliphatic heterocycles. The van der Waals surface area contributed by atoms with E-state index in [-0.39, 0.29) is 0 Å². The van der Waals surface area contributed by atoms with E-state index < -0.39 is 0 Å². The van der Waals surface area contributed by atoms with Crippen molar-refractivity contribution in [3.8, 4) is 5.75 Å². The molecule has 0 radical (unpaired) electrons. The molecule has 0 aromatic carbocycles. The Morgan fingerprint density at radius 2 is 2.11 bits per heavy atom. The van der Waals surface area contributed by atoms with Gasteiger partial charge in [0.15, 0.2) is 0 Å². The minimum atomic E-state index is 0.564. The summed E-state index contributed by atoms with van der Waals surface area (Å²) in [5.41, 5.74) is 0. The van der Waals surface area contributed by atoms with Crippen molar-refractivity contribution in [2.24, 2.45) is 0 Å². The van der Waals surface area contributed by atoms with Crippen molar-refractivity contribution >= 4 is 5.82 Å². The van der Waals surface area contributed by atoms with Crippen LogP contribution in [0.4, 0.5) is 5.82 Å². The van der Waals surface area contributed by atoms with Crippen LogP contribution in [-0.4, -0.2) is 42.7 Å². The summed E-state index contributed by atoms with van der Waals surface area (Å²) < 4.78 is 5.09. The average molecular weight is 249 g/mol. The zero-order chi connectivity index (χ0) is 12.8. The van der Waals surface area contributed by atoms with Gasteiger partial charge in [0.1, 0.15) is 11.6 Å². The second-order valence-electron chi connectivity index (χ2n) is 4.91. The first-order chi connectivity index (χ1) is 8.79. The number of anilines is 1. The monoisotopic (exact) mass is 249 g/mol. The predicted molar refractivity (Wildman–Crippen MR) is 74.2 cm³/mol. The van der Waals surface area contributed by atoms with Crippen molar-refractivity contribution in [2.45, 2.75) is 32.2 Å². The molecule has 1 saturated heterocycles. The summed E-state index contributed by atoms with van der Waals surface area (Å²) in [6.07, 6.45) is 5.81. The number of rotatable bonds is 5. The van der Waals surface area contributed by atoms with Crippen LogP contribution < -0.4 is 10.1 Å². The number of aromatic nitrogens is 1. The quantitative estimate of drug-likeness (QED) is 0.869. The highest BCUT2D eigenvalue weighted by molar-refractivity contribution is 5.37. The van der Waals surface area contributed by atoms with Crippen LogP contribution in [0.25, 0.3) is 0 Å². The lowest BCUT2D eigenvalue weighted by atomic mass is 10.1. The Bertz CT molecular complexity index is 347. The molecule has 0 spiro atoms. The molecule has 1 aromatic rings. The molecular formula is C14H23N3O. The number of hydrogen-bond donors (Lipinski definition) is 1. The van der Waals surface area contributed by atoms with Crippen LogP contribution in [0.5, 0.6) is 5.75 Å². The zero-order valence-electron chi connectivity index (χ0n) is 11.4. The normalized spacial score (nSPS) is 18.3. The molecule has 2 heterocycles. The summed E-state index contributed by atoms with van der Waals surface area (Å²) in [4.78, 5) is 6.87. The number of nitrogens with zero attached hydrogens (tertiary/aromatic N) is 2. The van der Waals surface area contributed by atoms with Crippen LogP contribution in [0.1, 0.15) is 26.2 Å². The summed E-state index contributed by atoms with van der Waals surface area (Å²) in [5.74, 6) is 1.71. The van der Waals surface area contributed by atoms with Gasteiger partial charge >= 0.3 is 0 Å². The Morgan fingerprint density at radius 3 is 2.72 bits per heavy atom. The molecule has 100 valence electrons. The third-order valence-electron chi connectivity index (χ3n) is 3.56. The van der Waals surface area contributed by atoms with Gasteiger partial charge in [-0.1, -0.05) is 6.42 Å². The van der Waals surface area contributed by atoms with Gasteiger partial charge in [-0.3, -0.25) is 4.90 Å². The van der Waals surface area contributed by atoms with E-state index in [2.05, 4.69) is 22.1 Å². The van der Waals surface area contributed by atoms with E-state index in [0.29, 0.717) is 6.04 Å². The highest BCUT2D eigenvalue weighted by Gasteiger charge is 2.16. The Labute approximate surface area is 109 Å². The lowest BCUT2D eigenvalue weighted by Crippen LogP contribution is -2.41. The molecule has 4 heteroatoms. The summed E-state index contributed by atoms with van der Waals surface area (Å²) >= 11 is 0. The number of likely N-dealkylation sites (tertiary alicyclic amines) is 1. The summed E-state index contributed by atoms with van der Waals surface area (Å²) in [7, 11) is 1.66. The number of piperidine rings is 1. The van der Waals surface area contributed by atoms with Crippen molar-refractivity contribution < 1.29 is 4.74 Å². The molecule has 18 heavy (non-hydrogen) atoms. The second-order valence-corrected chi connectivity index (χ2v) is 4.91. The first kappa shape index (κ1) is 13.1. The molecule has 1 unspecified atom stereocenters. The second kappa shape index (κ2) is 6.59. The molecule has 4 nitrogen and oxygen atoms in total. The Kier molecular flexibility index (Phi) is 4.81. The SMILES string of the molecule is COc1ccc(NCC(C)N2CCCCC2)nc1. The third kappa shape index (κ3) is 3.60. The number of ether oxygens (including phenoxy) is 1. The molecule has 2 rings (SSSR count). The smallest absolute Gasteiger partial charge is 0.137 e. The minimum Gasteiger partial charge on any atom is -0.495 e. The predicted octanol–water partition coefficient (Wildman–Crippen LogP) is 2.38. The van der Waals surface area contributed by atoms with Crippen molar-refractivity contribution in [1.82, 2.24) is 9.88 Å². The topological polar surface area (TPSA) is 37.4 Å². The van der Waals surface area contributed by atoms with E-state index in [1.54, 1.807) is 13.3 Å². The standard InChI is InChI=1S/C14H23N3O/c1-12(17-8-4-3-5-9-17)10-15-14-7-6-13(18-2)11-16-14/h6-7,11-12H,3-5,8-10H2,1-2H3,(H,15,16). The third-order valence-corrected chi connectivity index (χ3v) is 3.56. The molecule has 0 bridgehead atoms. The molecule has 0 amide bonds. The largest absolute Gasteiger partial charge is 0.495 e. The van der Waals surface area contributed by atoms with E-state index >= 15 is 0 Å². The maximum Gasteiger partial charge on any atom is 0.137 e. The fourth-order valence-electron chi connectivity index (χ4n) is 2.35. The molecule has 1 aromatic heterocycles. The van der Waals surface area contributed by atoms with Gasteiger partial charge in [-0.2, -0.15) is 0 Å². The molecule has 1 fully saturated rings. The van der Waals surface area contributed by atoms with Crippen LogP contribution in [0, 0.1) is 0 Å². The maximum absolute atomic E-state index is 5.09. The van der Waals surface area contributed by atoms with Crippen LogP contribution in [0.3, 0.4) is 0 Å². The maximum atomic E-state index is 5.09. The van der Waals surface area contributed by atoms with Gasteiger partial charge < -0.3 is 10.1 Å². The van der Waals surface area contributed by atoms with E-state index in [4.69, 9.17) is 4.74 Å². The highest BCUT2D eigenvalue weighted by atomic mass is 16.5. The molecular weight excluding hydrogens is 226 g/mol. The van der Waals surface area contributed by atoms with Gasteiger partial charge in [-0.25, -0.2) is 4.98 Å². The lowest BCUT2D eigenvalue weighted by molar-refractivity contribution is 0.180. The van der Waals surface area contributed by atoms with Crippen molar-refractivity contribution in [2.75, 3.05) is 32.1 Å². The van der Waals surface area contributed by atoms with Gasteiger partial charge in [0.05, 0.1) is 13.3 Å². The number of hydrogen-bond acceptors (Lipinski definition) is 4. The summed E-state index contributed by atoms with van der Waals surface area (Å²) in [6, 6.07) is 4.46. The fraction of sp³-hybridized carbons (Fsp3) is 0.643. The lowest BCUT2D eigenvalue weighted by Gasteiger charge is -2.32. The van der Waals surface area contributed by atoms with Gasteiger partial charge in [-0.15, -0.1) is 0 Å². The van der Waals surface area contributed by atoms with Gasteiger partial charge in [0, 0.05) is 12.6 Å². The fourth-order valence-corrected chi connectivity index (χ4v) is 2.35. The molecule has 1 aliphatic rings.